The minimum Gasteiger partial charge on any atom is -0.481 e. The Balaban J connectivity index is 2.01. The van der Waals surface area contributed by atoms with Gasteiger partial charge in [0, 0.05) is 23.1 Å². The normalized spacial score (nSPS) is 15.0. The summed E-state index contributed by atoms with van der Waals surface area (Å²) in [5, 5.41) is 0.498. The van der Waals surface area contributed by atoms with Gasteiger partial charge >= 0.3 is 18.2 Å². The van der Waals surface area contributed by atoms with Crippen LogP contribution in [-0.2, 0) is 30.3 Å². The molecule has 10 nitrogen and oxygen atoms in total. The Kier molecular flexibility index (Phi) is 8.47. The molecule has 0 unspecified atom stereocenters. The van der Waals surface area contributed by atoms with Crippen molar-refractivity contribution in [1.29, 1.82) is 0 Å². The molecule has 3 aromatic rings. The van der Waals surface area contributed by atoms with E-state index >= 15 is 0 Å². The minimum atomic E-state index is -0.890. The van der Waals surface area contributed by atoms with Gasteiger partial charge in [0.15, 0.2) is 0 Å². The number of aromatic nitrogens is 1. The number of hydrogen-bond acceptors (Lipinski definition) is 8. The van der Waals surface area contributed by atoms with Gasteiger partial charge in [0.2, 0.25) is 5.76 Å². The number of carbonyl (C=O) groups is 4. The van der Waals surface area contributed by atoms with E-state index in [2.05, 4.69) is 0 Å². The van der Waals surface area contributed by atoms with E-state index in [0.717, 1.165) is 15.0 Å². The zero-order valence-corrected chi connectivity index (χ0v) is 25.0. The summed E-state index contributed by atoms with van der Waals surface area (Å²) in [6.07, 6.45) is -1.67. The summed E-state index contributed by atoms with van der Waals surface area (Å²) >= 11 is 0. The summed E-state index contributed by atoms with van der Waals surface area (Å²) in [5.41, 5.74) is -0.168. The van der Waals surface area contributed by atoms with Crippen LogP contribution in [0.4, 0.5) is 9.59 Å². The molecule has 0 fully saturated rings. The lowest BCUT2D eigenvalue weighted by molar-refractivity contribution is -0.140. The minimum absolute atomic E-state index is 0.0273. The van der Waals surface area contributed by atoms with E-state index in [1.54, 1.807) is 65.8 Å². The van der Waals surface area contributed by atoms with Gasteiger partial charge in [0.25, 0.3) is 5.91 Å². The van der Waals surface area contributed by atoms with Crippen molar-refractivity contribution in [2.75, 3.05) is 13.7 Å². The molecule has 42 heavy (non-hydrogen) atoms. The fourth-order valence-corrected chi connectivity index (χ4v) is 4.63. The number of imide groups is 1. The topological polar surface area (TPSA) is 113 Å². The first-order chi connectivity index (χ1) is 19.7. The maximum Gasteiger partial charge on any atom is 0.419 e. The lowest BCUT2D eigenvalue weighted by Gasteiger charge is -2.26. The van der Waals surface area contributed by atoms with E-state index in [0.29, 0.717) is 16.5 Å². The summed E-state index contributed by atoms with van der Waals surface area (Å²) in [6.45, 7) is 10.1. The van der Waals surface area contributed by atoms with Gasteiger partial charge in [-0.25, -0.2) is 23.9 Å². The van der Waals surface area contributed by atoms with Crippen LogP contribution < -0.4 is 0 Å². The van der Waals surface area contributed by atoms with Crippen LogP contribution in [0.1, 0.15) is 69.6 Å². The van der Waals surface area contributed by atoms with Crippen LogP contribution in [0.3, 0.4) is 0 Å². The molecule has 1 aliphatic rings. The van der Waals surface area contributed by atoms with Gasteiger partial charge in [-0.15, -0.1) is 0 Å². The van der Waals surface area contributed by atoms with Crippen molar-refractivity contribution < 1.29 is 38.1 Å². The lowest BCUT2D eigenvalue weighted by atomic mass is 9.98. The fourth-order valence-electron chi connectivity index (χ4n) is 4.63. The van der Waals surface area contributed by atoms with Crippen molar-refractivity contribution in [3.63, 3.8) is 0 Å². The molecule has 0 saturated carbocycles. The number of ether oxygens (including phenoxy) is 4. The second-order valence-corrected chi connectivity index (χ2v) is 11.8. The first kappa shape index (κ1) is 30.4. The average molecular weight is 577 g/mol. The van der Waals surface area contributed by atoms with Gasteiger partial charge in [-0.2, -0.15) is 0 Å². The van der Waals surface area contributed by atoms with Crippen molar-refractivity contribution in [3.05, 3.63) is 77.2 Å². The number of esters is 1. The number of hydrogen-bond donors (Lipinski definition) is 0. The van der Waals surface area contributed by atoms with Crippen molar-refractivity contribution in [2.24, 2.45) is 0 Å². The highest BCUT2D eigenvalue weighted by molar-refractivity contribution is 6.16. The molecule has 0 bridgehead atoms. The Morgan fingerprint density at radius 3 is 2.05 bits per heavy atom. The molecule has 2 heterocycles. The molecule has 1 aliphatic heterocycles. The molecule has 0 spiro atoms. The first-order valence-corrected chi connectivity index (χ1v) is 13.6. The van der Waals surface area contributed by atoms with Gasteiger partial charge in [-0.1, -0.05) is 48.5 Å². The van der Waals surface area contributed by atoms with E-state index in [9.17, 15) is 19.2 Å². The van der Waals surface area contributed by atoms with Crippen LogP contribution in [0, 0.1) is 0 Å². The highest BCUT2D eigenvalue weighted by Gasteiger charge is 2.40. The van der Waals surface area contributed by atoms with Crippen LogP contribution in [0.5, 0.6) is 0 Å². The van der Waals surface area contributed by atoms with E-state index < -0.39 is 35.3 Å². The largest absolute Gasteiger partial charge is 0.481 e. The van der Waals surface area contributed by atoms with Crippen LogP contribution in [0.25, 0.3) is 16.5 Å². The number of benzene rings is 2. The predicted octanol–water partition coefficient (Wildman–Crippen LogP) is 6.31. The Morgan fingerprint density at radius 1 is 0.833 bits per heavy atom. The number of methoxy groups -OCH3 is 1. The second-order valence-electron chi connectivity index (χ2n) is 11.8. The molecule has 0 saturated heterocycles. The number of para-hydroxylation sites is 1. The van der Waals surface area contributed by atoms with Crippen LogP contribution in [0.15, 0.2) is 60.4 Å². The molecule has 0 atom stereocenters. The van der Waals surface area contributed by atoms with Gasteiger partial charge in [0.05, 0.1) is 12.6 Å². The van der Waals surface area contributed by atoms with E-state index in [-0.39, 0.29) is 36.6 Å². The zero-order valence-electron chi connectivity index (χ0n) is 25.0. The third kappa shape index (κ3) is 6.48. The monoisotopic (exact) mass is 576 g/mol. The molecule has 10 heteroatoms. The average Bonchev–Trinajstić information content (AvgIpc) is 3.18. The molecule has 4 rings (SSSR count). The third-order valence-electron chi connectivity index (χ3n) is 6.27. The van der Waals surface area contributed by atoms with Gasteiger partial charge in [0.1, 0.15) is 23.5 Å². The molecule has 1 aromatic heterocycles. The highest BCUT2D eigenvalue weighted by Crippen LogP contribution is 2.39. The molecule has 0 radical (unpaired) electrons. The van der Waals surface area contributed by atoms with Crippen molar-refractivity contribution in [1.82, 2.24) is 9.47 Å². The smallest absolute Gasteiger partial charge is 0.419 e. The van der Waals surface area contributed by atoms with Crippen LogP contribution >= 0.6 is 0 Å². The second kappa shape index (κ2) is 11.7. The summed E-state index contributed by atoms with van der Waals surface area (Å²) in [4.78, 5) is 55.3. The standard InChI is InChI=1S/C32H36N2O8/c1-31(2,3)41-29(37)33-18-17-22(26(28(36)39-7)40-19-20-13-9-8-10-14-20)24-21-15-11-12-16-23(21)34(25(24)27(33)35)30(38)42-32(4,5)6/h8-16H,17-19H2,1-7H3/b26-22-. The summed E-state index contributed by atoms with van der Waals surface area (Å²) in [7, 11) is 1.23. The summed E-state index contributed by atoms with van der Waals surface area (Å²) in [5.74, 6) is -1.67. The molecule has 0 N–H and O–H groups in total. The summed E-state index contributed by atoms with van der Waals surface area (Å²) in [6, 6.07) is 16.1. The Morgan fingerprint density at radius 2 is 1.43 bits per heavy atom. The van der Waals surface area contributed by atoms with Crippen molar-refractivity contribution >= 4 is 40.5 Å². The maximum absolute atomic E-state index is 14.2. The molecule has 222 valence electrons. The van der Waals surface area contributed by atoms with Gasteiger partial charge < -0.3 is 18.9 Å². The predicted molar refractivity (Wildman–Crippen MR) is 156 cm³/mol. The number of carbonyl (C=O) groups excluding carboxylic acids is 4. The number of fused-ring (bicyclic) bond motifs is 3. The first-order valence-electron chi connectivity index (χ1n) is 13.6. The van der Waals surface area contributed by atoms with Crippen molar-refractivity contribution in [2.45, 2.75) is 65.8 Å². The van der Waals surface area contributed by atoms with Crippen LogP contribution in [-0.4, -0.2) is 58.4 Å². The summed E-state index contributed by atoms with van der Waals surface area (Å²) < 4.78 is 23.6. The van der Waals surface area contributed by atoms with E-state index in [4.69, 9.17) is 18.9 Å². The Labute approximate surface area is 244 Å². The molecule has 2 aromatic carbocycles. The number of rotatable bonds is 4. The highest BCUT2D eigenvalue weighted by atomic mass is 16.6. The van der Waals surface area contributed by atoms with E-state index in [1.807, 2.05) is 30.3 Å². The molecule has 2 amide bonds. The molecular formula is C32H36N2O8. The Hall–Kier alpha value is -4.60. The maximum atomic E-state index is 14.2. The van der Waals surface area contributed by atoms with Crippen molar-refractivity contribution in [3.8, 4) is 0 Å². The molecular weight excluding hydrogens is 540 g/mol. The number of amides is 2. The van der Waals surface area contributed by atoms with Crippen LogP contribution in [0.2, 0.25) is 0 Å². The zero-order chi connectivity index (χ0) is 30.8. The third-order valence-corrected chi connectivity index (χ3v) is 6.27. The molecule has 0 aliphatic carbocycles. The van der Waals surface area contributed by atoms with Gasteiger partial charge in [-0.05, 0) is 59.6 Å². The van der Waals surface area contributed by atoms with E-state index in [1.165, 1.54) is 7.11 Å². The lowest BCUT2D eigenvalue weighted by Crippen LogP contribution is -2.42. The SMILES string of the molecule is COC(=O)/C(OCc1ccccc1)=C1\CCN(C(=O)OC(C)(C)C)C(=O)c2c1c1ccccc1n2C(=O)OC(C)(C)C. The van der Waals surface area contributed by atoms with Gasteiger partial charge in [-0.3, -0.25) is 4.79 Å². The fraction of sp³-hybridized carbons (Fsp3) is 0.375. The quantitative estimate of drug-likeness (QED) is 0.154. The number of nitrogens with zero attached hydrogens (tertiary/aromatic N) is 2. The Bertz CT molecular complexity index is 1550.